The topological polar surface area (TPSA) is 70.6 Å². The Morgan fingerprint density at radius 1 is 1.10 bits per heavy atom. The molecule has 0 spiro atoms. The van der Waals surface area contributed by atoms with E-state index in [0.29, 0.717) is 23.5 Å². The van der Waals surface area contributed by atoms with Crippen molar-refractivity contribution >= 4 is 17.4 Å². The highest BCUT2D eigenvalue weighted by Gasteiger charge is 2.03. The number of nitrogens with one attached hydrogen (secondary N) is 2. The SMILES string of the molecule is COc1cccc(NC(=O)Nc2ccc(CCO)cc2)c1. The van der Waals surface area contributed by atoms with Crippen molar-refractivity contribution in [2.75, 3.05) is 24.4 Å². The highest BCUT2D eigenvalue weighted by Crippen LogP contribution is 2.17. The minimum Gasteiger partial charge on any atom is -0.497 e. The molecule has 0 unspecified atom stereocenters. The van der Waals surface area contributed by atoms with Crippen molar-refractivity contribution in [2.45, 2.75) is 6.42 Å². The summed E-state index contributed by atoms with van der Waals surface area (Å²) in [6.45, 7) is 0.114. The Balaban J connectivity index is 1.94. The molecule has 0 radical (unpaired) electrons. The van der Waals surface area contributed by atoms with E-state index in [1.807, 2.05) is 18.2 Å². The molecule has 5 heteroatoms. The van der Waals surface area contributed by atoms with Crippen molar-refractivity contribution < 1.29 is 14.6 Å². The minimum atomic E-state index is -0.321. The summed E-state index contributed by atoms with van der Waals surface area (Å²) in [5.41, 5.74) is 2.37. The van der Waals surface area contributed by atoms with Crippen LogP contribution in [0, 0.1) is 0 Å². The fourth-order valence-corrected chi connectivity index (χ4v) is 1.88. The molecule has 0 fully saturated rings. The molecule has 5 nitrogen and oxygen atoms in total. The van der Waals surface area contributed by atoms with Crippen LogP contribution in [0.3, 0.4) is 0 Å². The number of rotatable bonds is 5. The third-order valence-corrected chi connectivity index (χ3v) is 2.94. The van der Waals surface area contributed by atoms with Crippen molar-refractivity contribution in [3.8, 4) is 5.75 Å². The Morgan fingerprint density at radius 3 is 2.48 bits per heavy atom. The Labute approximate surface area is 123 Å². The quantitative estimate of drug-likeness (QED) is 0.791. The van der Waals surface area contributed by atoms with Gasteiger partial charge < -0.3 is 20.5 Å². The van der Waals surface area contributed by atoms with Crippen LogP contribution in [-0.4, -0.2) is 24.9 Å². The molecule has 2 aromatic rings. The second-order valence-corrected chi connectivity index (χ2v) is 4.48. The van der Waals surface area contributed by atoms with Crippen LogP contribution >= 0.6 is 0 Å². The molecule has 3 N–H and O–H groups in total. The van der Waals surface area contributed by atoms with Crippen molar-refractivity contribution in [1.82, 2.24) is 0 Å². The predicted octanol–water partition coefficient (Wildman–Crippen LogP) is 2.87. The number of carbonyl (C=O) groups is 1. The van der Waals surface area contributed by atoms with Gasteiger partial charge in [-0.25, -0.2) is 4.79 Å². The number of benzene rings is 2. The first-order chi connectivity index (χ1) is 10.2. The number of amides is 2. The van der Waals surface area contributed by atoms with Gasteiger partial charge in [-0.1, -0.05) is 18.2 Å². The average molecular weight is 286 g/mol. The van der Waals surface area contributed by atoms with Gasteiger partial charge in [-0.05, 0) is 36.2 Å². The second kappa shape index (κ2) is 7.31. The lowest BCUT2D eigenvalue weighted by Crippen LogP contribution is -2.19. The van der Waals surface area contributed by atoms with E-state index in [9.17, 15) is 4.79 Å². The maximum Gasteiger partial charge on any atom is 0.323 e. The maximum atomic E-state index is 11.9. The molecule has 0 bridgehead atoms. The van der Waals surface area contributed by atoms with E-state index in [0.717, 1.165) is 5.56 Å². The van der Waals surface area contributed by atoms with E-state index in [1.54, 1.807) is 37.4 Å². The maximum absolute atomic E-state index is 11.9. The summed E-state index contributed by atoms with van der Waals surface area (Å²) in [7, 11) is 1.58. The summed E-state index contributed by atoms with van der Waals surface area (Å²) >= 11 is 0. The fourth-order valence-electron chi connectivity index (χ4n) is 1.88. The largest absolute Gasteiger partial charge is 0.497 e. The number of hydrogen-bond acceptors (Lipinski definition) is 3. The van der Waals surface area contributed by atoms with Gasteiger partial charge in [0.25, 0.3) is 0 Å². The third-order valence-electron chi connectivity index (χ3n) is 2.94. The Bertz CT molecular complexity index is 597. The lowest BCUT2D eigenvalue weighted by Gasteiger charge is -2.09. The summed E-state index contributed by atoms with van der Waals surface area (Å²) in [4.78, 5) is 11.9. The van der Waals surface area contributed by atoms with Crippen LogP contribution in [0.25, 0.3) is 0 Å². The summed E-state index contributed by atoms with van der Waals surface area (Å²) < 4.78 is 5.10. The van der Waals surface area contributed by atoms with Gasteiger partial charge in [-0.3, -0.25) is 0 Å². The van der Waals surface area contributed by atoms with Crippen LogP contribution in [0.4, 0.5) is 16.2 Å². The van der Waals surface area contributed by atoms with Gasteiger partial charge >= 0.3 is 6.03 Å². The summed E-state index contributed by atoms with van der Waals surface area (Å²) in [5, 5.41) is 14.3. The van der Waals surface area contributed by atoms with Gasteiger partial charge in [0, 0.05) is 24.0 Å². The van der Waals surface area contributed by atoms with Crippen molar-refractivity contribution in [3.05, 3.63) is 54.1 Å². The van der Waals surface area contributed by atoms with E-state index in [1.165, 1.54) is 0 Å². The van der Waals surface area contributed by atoms with Gasteiger partial charge in [-0.15, -0.1) is 0 Å². The number of methoxy groups -OCH3 is 1. The normalized spacial score (nSPS) is 10.0. The van der Waals surface area contributed by atoms with E-state index in [-0.39, 0.29) is 12.6 Å². The zero-order valence-electron chi connectivity index (χ0n) is 11.8. The van der Waals surface area contributed by atoms with Crippen molar-refractivity contribution in [2.24, 2.45) is 0 Å². The average Bonchev–Trinajstić information content (AvgIpc) is 2.49. The van der Waals surface area contributed by atoms with Gasteiger partial charge in [0.05, 0.1) is 7.11 Å². The van der Waals surface area contributed by atoms with Crippen molar-refractivity contribution in [1.29, 1.82) is 0 Å². The molecule has 2 aromatic carbocycles. The molecule has 0 heterocycles. The molecular weight excluding hydrogens is 268 g/mol. The molecule has 0 saturated carbocycles. The summed E-state index contributed by atoms with van der Waals surface area (Å²) in [6.07, 6.45) is 0.607. The van der Waals surface area contributed by atoms with Crippen LogP contribution < -0.4 is 15.4 Å². The summed E-state index contributed by atoms with van der Waals surface area (Å²) in [5.74, 6) is 0.682. The van der Waals surface area contributed by atoms with Crippen LogP contribution in [0.2, 0.25) is 0 Å². The molecule has 0 saturated heterocycles. The predicted molar refractivity (Wildman–Crippen MR) is 82.9 cm³/mol. The first-order valence-corrected chi connectivity index (χ1v) is 6.63. The van der Waals surface area contributed by atoms with Crippen LogP contribution in [0.1, 0.15) is 5.56 Å². The zero-order valence-corrected chi connectivity index (χ0v) is 11.8. The number of carbonyl (C=O) groups excluding carboxylic acids is 1. The third kappa shape index (κ3) is 4.50. The number of aliphatic hydroxyl groups is 1. The van der Waals surface area contributed by atoms with Crippen LogP contribution in [-0.2, 0) is 6.42 Å². The zero-order chi connectivity index (χ0) is 15.1. The van der Waals surface area contributed by atoms with Gasteiger partial charge in [-0.2, -0.15) is 0 Å². The van der Waals surface area contributed by atoms with E-state index in [4.69, 9.17) is 9.84 Å². The Kier molecular flexibility index (Phi) is 5.17. The van der Waals surface area contributed by atoms with Gasteiger partial charge in [0.2, 0.25) is 0 Å². The Hall–Kier alpha value is -2.53. The molecular formula is C16H18N2O3. The monoisotopic (exact) mass is 286 g/mol. The number of ether oxygens (including phenoxy) is 1. The standard InChI is InChI=1S/C16H18N2O3/c1-21-15-4-2-3-14(11-15)18-16(20)17-13-7-5-12(6-8-13)9-10-19/h2-8,11,19H,9-10H2,1H3,(H2,17,18,20). The molecule has 0 aliphatic rings. The van der Waals surface area contributed by atoms with E-state index < -0.39 is 0 Å². The molecule has 110 valence electrons. The molecule has 0 aliphatic carbocycles. The molecule has 21 heavy (non-hydrogen) atoms. The number of hydrogen-bond donors (Lipinski definition) is 3. The molecule has 0 atom stereocenters. The number of anilines is 2. The Morgan fingerprint density at radius 2 is 1.81 bits per heavy atom. The first kappa shape index (κ1) is 14.9. The molecule has 2 amide bonds. The lowest BCUT2D eigenvalue weighted by atomic mass is 10.1. The number of urea groups is 1. The summed E-state index contributed by atoms with van der Waals surface area (Å²) in [6, 6.07) is 14.2. The van der Waals surface area contributed by atoms with Crippen LogP contribution in [0.5, 0.6) is 5.75 Å². The van der Waals surface area contributed by atoms with E-state index in [2.05, 4.69) is 10.6 Å². The lowest BCUT2D eigenvalue weighted by molar-refractivity contribution is 0.262. The molecule has 2 rings (SSSR count). The number of aliphatic hydroxyl groups excluding tert-OH is 1. The molecule has 0 aromatic heterocycles. The smallest absolute Gasteiger partial charge is 0.323 e. The van der Waals surface area contributed by atoms with Gasteiger partial charge in [0.15, 0.2) is 0 Å². The van der Waals surface area contributed by atoms with E-state index >= 15 is 0 Å². The first-order valence-electron chi connectivity index (χ1n) is 6.63. The second-order valence-electron chi connectivity index (χ2n) is 4.48. The highest BCUT2D eigenvalue weighted by atomic mass is 16.5. The molecule has 0 aliphatic heterocycles. The van der Waals surface area contributed by atoms with Crippen LogP contribution in [0.15, 0.2) is 48.5 Å². The highest BCUT2D eigenvalue weighted by molar-refractivity contribution is 5.99. The van der Waals surface area contributed by atoms with Gasteiger partial charge in [0.1, 0.15) is 5.75 Å². The fraction of sp³-hybridized carbons (Fsp3) is 0.188. The minimum absolute atomic E-state index is 0.114. The van der Waals surface area contributed by atoms with Crippen molar-refractivity contribution in [3.63, 3.8) is 0 Å².